The van der Waals surface area contributed by atoms with E-state index in [0.29, 0.717) is 18.5 Å². The van der Waals surface area contributed by atoms with E-state index >= 15 is 0 Å². The molecule has 0 saturated heterocycles. The number of hydrogen-bond donors (Lipinski definition) is 5. The number of methoxy groups -OCH3 is 1. The Balaban J connectivity index is 1.17. The smallest absolute Gasteiger partial charge is 0.155 e. The number of phenolic OH excluding ortho intramolecular Hbond substituents is 2. The van der Waals surface area contributed by atoms with E-state index in [1.54, 1.807) is 31.0 Å². The van der Waals surface area contributed by atoms with E-state index in [0.717, 1.165) is 66.0 Å². The van der Waals surface area contributed by atoms with Crippen LogP contribution in [0.3, 0.4) is 0 Å². The van der Waals surface area contributed by atoms with E-state index in [-0.39, 0.29) is 17.7 Å². The van der Waals surface area contributed by atoms with Crippen molar-refractivity contribution in [3.63, 3.8) is 0 Å². The molecule has 8 rings (SSSR count). The summed E-state index contributed by atoms with van der Waals surface area (Å²) in [7, 11) is 1.67. The number of allylic oxidation sites excluding steroid dienone is 1. The molecular formula is C44H39N3O4S. The molecule has 260 valence electrons. The Hall–Kier alpha value is -5.83. The highest BCUT2D eigenvalue weighted by Gasteiger charge is 2.33. The average Bonchev–Trinajstić information content (AvgIpc) is 3.16. The zero-order valence-corrected chi connectivity index (χ0v) is 29.7. The minimum atomic E-state index is -1.36. The number of ether oxygens (including phenoxy) is 1. The molecule has 52 heavy (non-hydrogen) atoms. The predicted molar refractivity (Wildman–Crippen MR) is 211 cm³/mol. The van der Waals surface area contributed by atoms with Crippen LogP contribution in [-0.2, 0) is 6.42 Å². The standard InChI is InChI=1S/C44H39N3O4S/c1-28-27-44(50,46-37-25-34(48)18-21-36(28)37)23-22-32-24-39-42(26-40(32)49)52-41-11-7-6-10-38(41)47(39)43(45-33-8-4-3-5-9-33)31-14-12-29(13-15-31)30-16-19-35(51-2)20-17-30/h3-21,24-27,43,45-46,48-50H,22-23H2,1-2H3. The van der Waals surface area contributed by atoms with Gasteiger partial charge in [-0.1, -0.05) is 78.5 Å². The fourth-order valence-corrected chi connectivity index (χ4v) is 8.20. The summed E-state index contributed by atoms with van der Waals surface area (Å²) in [5, 5.41) is 40.3. The first-order valence-corrected chi connectivity index (χ1v) is 18.1. The number of nitrogens with one attached hydrogen (secondary N) is 2. The largest absolute Gasteiger partial charge is 0.508 e. The summed E-state index contributed by atoms with van der Waals surface area (Å²) in [6, 6.07) is 44.3. The topological polar surface area (TPSA) is 97.2 Å². The molecular weight excluding hydrogens is 667 g/mol. The van der Waals surface area contributed by atoms with Crippen LogP contribution in [-0.4, -0.2) is 28.2 Å². The van der Waals surface area contributed by atoms with Crippen molar-refractivity contribution < 1.29 is 20.1 Å². The average molecular weight is 706 g/mol. The lowest BCUT2D eigenvalue weighted by Crippen LogP contribution is -2.39. The first kappa shape index (κ1) is 33.3. The molecule has 0 radical (unpaired) electrons. The van der Waals surface area contributed by atoms with Crippen molar-refractivity contribution in [2.24, 2.45) is 0 Å². The van der Waals surface area contributed by atoms with Crippen molar-refractivity contribution in [1.29, 1.82) is 0 Å². The summed E-state index contributed by atoms with van der Waals surface area (Å²) in [5.41, 5.74) is 8.11. The Morgan fingerprint density at radius 3 is 2.25 bits per heavy atom. The molecule has 0 amide bonds. The summed E-state index contributed by atoms with van der Waals surface area (Å²) in [6.45, 7) is 1.95. The maximum Gasteiger partial charge on any atom is 0.155 e. The normalized spacial score (nSPS) is 16.4. The van der Waals surface area contributed by atoms with Crippen molar-refractivity contribution >= 4 is 40.1 Å². The highest BCUT2D eigenvalue weighted by Crippen LogP contribution is 2.53. The first-order valence-electron chi connectivity index (χ1n) is 17.3. The summed E-state index contributed by atoms with van der Waals surface area (Å²) in [5.74, 6) is 1.13. The predicted octanol–water partition coefficient (Wildman–Crippen LogP) is 10.3. The number of aliphatic hydroxyl groups is 1. The van der Waals surface area contributed by atoms with Crippen LogP contribution in [0, 0.1) is 0 Å². The van der Waals surface area contributed by atoms with E-state index in [4.69, 9.17) is 4.74 Å². The summed E-state index contributed by atoms with van der Waals surface area (Å²) < 4.78 is 5.37. The fourth-order valence-electron chi connectivity index (χ4n) is 7.12. The summed E-state index contributed by atoms with van der Waals surface area (Å²) in [4.78, 5) is 4.33. The van der Waals surface area contributed by atoms with Crippen molar-refractivity contribution in [2.75, 3.05) is 22.6 Å². The van der Waals surface area contributed by atoms with Gasteiger partial charge in [-0.15, -0.1) is 0 Å². The third kappa shape index (κ3) is 6.54. The second-order valence-electron chi connectivity index (χ2n) is 13.3. The van der Waals surface area contributed by atoms with Crippen LogP contribution in [0.2, 0.25) is 0 Å². The third-order valence-electron chi connectivity index (χ3n) is 9.76. The van der Waals surface area contributed by atoms with Gasteiger partial charge in [0, 0.05) is 39.2 Å². The molecule has 0 aromatic heterocycles. The zero-order chi connectivity index (χ0) is 35.8. The van der Waals surface area contributed by atoms with Gasteiger partial charge in [-0.25, -0.2) is 0 Å². The molecule has 6 aromatic carbocycles. The van der Waals surface area contributed by atoms with Gasteiger partial charge in [0.1, 0.15) is 23.4 Å². The van der Waals surface area contributed by atoms with Gasteiger partial charge < -0.3 is 35.6 Å². The van der Waals surface area contributed by atoms with Gasteiger partial charge in [0.15, 0.2) is 5.72 Å². The van der Waals surface area contributed by atoms with Crippen LogP contribution in [0.5, 0.6) is 17.2 Å². The molecule has 2 aliphatic rings. The molecule has 0 spiro atoms. The third-order valence-corrected chi connectivity index (χ3v) is 10.9. The minimum Gasteiger partial charge on any atom is -0.508 e. The Labute approximate surface area is 307 Å². The Morgan fingerprint density at radius 1 is 0.788 bits per heavy atom. The van der Waals surface area contributed by atoms with Crippen LogP contribution in [0.15, 0.2) is 149 Å². The maximum absolute atomic E-state index is 11.7. The van der Waals surface area contributed by atoms with Crippen molar-refractivity contribution in [3.05, 3.63) is 156 Å². The number of hydrogen-bond acceptors (Lipinski definition) is 8. The Morgan fingerprint density at radius 2 is 1.50 bits per heavy atom. The molecule has 2 heterocycles. The zero-order valence-electron chi connectivity index (χ0n) is 28.9. The fraction of sp³-hybridized carbons (Fsp3) is 0.136. The first-order chi connectivity index (χ1) is 25.3. The molecule has 0 aliphatic carbocycles. The van der Waals surface area contributed by atoms with Gasteiger partial charge in [0.25, 0.3) is 0 Å². The number of aryl methyl sites for hydroxylation is 1. The second-order valence-corrected chi connectivity index (χ2v) is 14.3. The number of phenols is 2. The number of benzene rings is 6. The molecule has 2 unspecified atom stereocenters. The number of para-hydroxylation sites is 2. The SMILES string of the molecule is COc1ccc(-c2ccc(C(Nc3ccccc3)N3c4ccccc4Sc4cc(O)c(CCC5(O)C=C(C)c6ccc(O)cc6N5)cc43)cc2)cc1. The van der Waals surface area contributed by atoms with E-state index in [1.807, 2.05) is 61.5 Å². The van der Waals surface area contributed by atoms with Gasteiger partial charge in [-0.2, -0.15) is 0 Å². The molecule has 8 heteroatoms. The van der Waals surface area contributed by atoms with Gasteiger partial charge in [-0.3, -0.25) is 0 Å². The van der Waals surface area contributed by atoms with E-state index in [2.05, 4.69) is 88.3 Å². The van der Waals surface area contributed by atoms with Gasteiger partial charge >= 0.3 is 0 Å². The van der Waals surface area contributed by atoms with Crippen LogP contribution in [0.25, 0.3) is 16.7 Å². The Kier molecular flexibility index (Phi) is 8.79. The van der Waals surface area contributed by atoms with Crippen molar-refractivity contribution in [1.82, 2.24) is 0 Å². The lowest BCUT2D eigenvalue weighted by molar-refractivity contribution is 0.111. The molecule has 0 bridgehead atoms. The van der Waals surface area contributed by atoms with Crippen LogP contribution in [0.4, 0.5) is 22.7 Å². The van der Waals surface area contributed by atoms with E-state index in [9.17, 15) is 15.3 Å². The molecule has 0 fully saturated rings. The van der Waals surface area contributed by atoms with E-state index in [1.165, 1.54) is 0 Å². The van der Waals surface area contributed by atoms with E-state index < -0.39 is 5.72 Å². The quantitative estimate of drug-likeness (QED) is 0.101. The lowest BCUT2D eigenvalue weighted by atomic mass is 9.92. The Bertz CT molecular complexity index is 2280. The number of rotatable bonds is 9. The molecule has 0 saturated carbocycles. The van der Waals surface area contributed by atoms with Gasteiger partial charge in [0.2, 0.25) is 0 Å². The number of aromatic hydroxyl groups is 2. The van der Waals surface area contributed by atoms with Gasteiger partial charge in [-0.05, 0) is 108 Å². The minimum absolute atomic E-state index is 0.127. The molecule has 5 N–H and O–H groups in total. The van der Waals surface area contributed by atoms with Crippen molar-refractivity contribution in [2.45, 2.75) is 41.4 Å². The number of nitrogens with zero attached hydrogens (tertiary/aromatic N) is 1. The monoisotopic (exact) mass is 705 g/mol. The number of fused-ring (bicyclic) bond motifs is 3. The lowest BCUT2D eigenvalue weighted by Gasteiger charge is -2.40. The van der Waals surface area contributed by atoms with Gasteiger partial charge in [0.05, 0.1) is 18.5 Å². The molecule has 6 aromatic rings. The van der Waals surface area contributed by atoms with Crippen LogP contribution < -0.4 is 20.3 Å². The second kappa shape index (κ2) is 13.7. The molecule has 2 atom stereocenters. The molecule has 7 nitrogen and oxygen atoms in total. The number of anilines is 4. The maximum atomic E-state index is 11.7. The van der Waals surface area contributed by atoms with Crippen LogP contribution >= 0.6 is 11.8 Å². The van der Waals surface area contributed by atoms with Crippen molar-refractivity contribution in [3.8, 4) is 28.4 Å². The van der Waals surface area contributed by atoms with Crippen LogP contribution in [0.1, 0.15) is 36.2 Å². The highest BCUT2D eigenvalue weighted by molar-refractivity contribution is 7.99. The highest BCUT2D eigenvalue weighted by atomic mass is 32.2. The summed E-state index contributed by atoms with van der Waals surface area (Å²) in [6.07, 6.45) is 2.20. The summed E-state index contributed by atoms with van der Waals surface area (Å²) >= 11 is 1.64. The molecule has 2 aliphatic heterocycles.